The number of ether oxygens (including phenoxy) is 3. The molecule has 0 aliphatic carbocycles. The smallest absolute Gasteiger partial charge is 0.306 e. The van der Waals surface area contributed by atoms with Crippen LogP contribution in [0.25, 0.3) is 0 Å². The zero-order valence-electron chi connectivity index (χ0n) is 40.4. The normalized spacial score (nSPS) is 12.8. The number of unbranched alkanes of at least 4 members (excludes halogenated alkanes) is 21. The molecular weight excluding hydrogens is 769 g/mol. The van der Waals surface area contributed by atoms with Crippen LogP contribution >= 0.6 is 0 Å². The van der Waals surface area contributed by atoms with Gasteiger partial charge < -0.3 is 14.2 Å². The quantitative estimate of drug-likeness (QED) is 0.0199. The Kier molecular flexibility index (Phi) is 47.5. The minimum absolute atomic E-state index is 0.0980. The lowest BCUT2D eigenvalue weighted by Crippen LogP contribution is -2.30. The predicted molar refractivity (Wildman–Crippen MR) is 265 cm³/mol. The van der Waals surface area contributed by atoms with Gasteiger partial charge in [-0.2, -0.15) is 0 Å². The summed E-state index contributed by atoms with van der Waals surface area (Å²) in [5.41, 5.74) is 0. The number of carbonyl (C=O) groups excluding carboxylic acids is 3. The Morgan fingerprint density at radius 3 is 1.16 bits per heavy atom. The summed E-state index contributed by atoms with van der Waals surface area (Å²) in [5.74, 6) is -0.971. The van der Waals surface area contributed by atoms with E-state index in [1.807, 2.05) is 0 Å². The van der Waals surface area contributed by atoms with Crippen molar-refractivity contribution in [3.8, 4) is 0 Å². The third kappa shape index (κ3) is 47.6. The highest BCUT2D eigenvalue weighted by molar-refractivity contribution is 5.71. The molecule has 0 N–H and O–H groups in total. The summed E-state index contributed by atoms with van der Waals surface area (Å²) in [6.45, 7) is 6.43. The molecule has 0 aromatic rings. The van der Waals surface area contributed by atoms with Gasteiger partial charge in [-0.25, -0.2) is 0 Å². The fraction of sp³-hybridized carbons (Fsp3) is 0.696. The second-order valence-corrected chi connectivity index (χ2v) is 16.7. The van der Waals surface area contributed by atoms with Crippen LogP contribution in [0.5, 0.6) is 0 Å². The van der Waals surface area contributed by atoms with E-state index >= 15 is 0 Å². The van der Waals surface area contributed by atoms with E-state index in [1.54, 1.807) is 0 Å². The molecule has 354 valence electrons. The number of rotatable bonds is 45. The van der Waals surface area contributed by atoms with Crippen LogP contribution in [0.2, 0.25) is 0 Å². The minimum Gasteiger partial charge on any atom is -0.462 e. The highest BCUT2D eigenvalue weighted by Crippen LogP contribution is 2.14. The van der Waals surface area contributed by atoms with Gasteiger partial charge in [-0.1, -0.05) is 215 Å². The van der Waals surface area contributed by atoms with E-state index in [-0.39, 0.29) is 37.5 Å². The lowest BCUT2D eigenvalue weighted by Gasteiger charge is -2.18. The lowest BCUT2D eigenvalue weighted by molar-refractivity contribution is -0.167. The van der Waals surface area contributed by atoms with E-state index in [1.165, 1.54) is 96.3 Å². The zero-order chi connectivity index (χ0) is 45.1. The third-order valence-electron chi connectivity index (χ3n) is 10.7. The summed E-state index contributed by atoms with van der Waals surface area (Å²) in [7, 11) is 0. The maximum atomic E-state index is 12.8. The van der Waals surface area contributed by atoms with Crippen molar-refractivity contribution in [3.63, 3.8) is 0 Å². The SMILES string of the molecule is CC/C=C\C/C=C\C/C=C\C/C=C\C/C=C\CCCC(=O)OCC(COC(=O)CCCCCCCCCCCCCC)OC(=O)CCCCCCCC/C=C\C=C/CCCCC. The molecule has 1 atom stereocenters. The molecule has 0 bridgehead atoms. The second kappa shape index (κ2) is 50.2. The maximum Gasteiger partial charge on any atom is 0.306 e. The highest BCUT2D eigenvalue weighted by Gasteiger charge is 2.19. The summed E-state index contributed by atoms with van der Waals surface area (Å²) in [6.07, 6.45) is 64.2. The monoisotopic (exact) mass is 863 g/mol. The van der Waals surface area contributed by atoms with Crippen molar-refractivity contribution in [3.05, 3.63) is 85.1 Å². The Balaban J connectivity index is 4.49. The fourth-order valence-corrected chi connectivity index (χ4v) is 6.82. The molecule has 0 amide bonds. The average Bonchev–Trinajstić information content (AvgIpc) is 3.27. The Morgan fingerprint density at radius 2 is 0.694 bits per heavy atom. The van der Waals surface area contributed by atoms with Crippen LogP contribution < -0.4 is 0 Å². The molecule has 0 aromatic heterocycles. The Bertz CT molecular complexity index is 1220. The van der Waals surface area contributed by atoms with Crippen molar-refractivity contribution in [1.29, 1.82) is 0 Å². The number of hydrogen-bond acceptors (Lipinski definition) is 6. The van der Waals surface area contributed by atoms with E-state index in [0.717, 1.165) is 89.9 Å². The van der Waals surface area contributed by atoms with Gasteiger partial charge in [0.2, 0.25) is 0 Å². The molecule has 0 fully saturated rings. The lowest BCUT2D eigenvalue weighted by atomic mass is 10.0. The number of carbonyl (C=O) groups is 3. The first-order valence-corrected chi connectivity index (χ1v) is 25.6. The summed E-state index contributed by atoms with van der Waals surface area (Å²) in [5, 5.41) is 0. The first-order valence-electron chi connectivity index (χ1n) is 25.6. The number of hydrogen-bond donors (Lipinski definition) is 0. The van der Waals surface area contributed by atoms with E-state index in [4.69, 9.17) is 14.2 Å². The first kappa shape index (κ1) is 58.6. The summed E-state index contributed by atoms with van der Waals surface area (Å²) >= 11 is 0. The summed E-state index contributed by atoms with van der Waals surface area (Å²) < 4.78 is 16.7. The van der Waals surface area contributed by atoms with Crippen molar-refractivity contribution in [2.24, 2.45) is 0 Å². The first-order chi connectivity index (χ1) is 30.5. The van der Waals surface area contributed by atoms with Crippen LogP contribution in [0.3, 0.4) is 0 Å². The maximum absolute atomic E-state index is 12.8. The number of allylic oxidation sites excluding steroid dienone is 14. The van der Waals surface area contributed by atoms with Crippen LogP contribution in [0.1, 0.15) is 233 Å². The molecule has 0 saturated carbocycles. The predicted octanol–water partition coefficient (Wildman–Crippen LogP) is 16.8. The molecule has 0 radical (unpaired) electrons. The Labute approximate surface area is 382 Å². The molecule has 0 rings (SSSR count). The van der Waals surface area contributed by atoms with Gasteiger partial charge in [-0.15, -0.1) is 0 Å². The van der Waals surface area contributed by atoms with Gasteiger partial charge in [0.1, 0.15) is 13.2 Å². The average molecular weight is 863 g/mol. The van der Waals surface area contributed by atoms with Crippen LogP contribution in [-0.4, -0.2) is 37.2 Å². The molecule has 0 aliphatic rings. The van der Waals surface area contributed by atoms with Crippen LogP contribution in [0.15, 0.2) is 85.1 Å². The zero-order valence-corrected chi connectivity index (χ0v) is 40.4. The van der Waals surface area contributed by atoms with Gasteiger partial charge in [0.15, 0.2) is 6.10 Å². The summed E-state index contributed by atoms with van der Waals surface area (Å²) in [4.78, 5) is 37.9. The van der Waals surface area contributed by atoms with Gasteiger partial charge in [0, 0.05) is 19.3 Å². The van der Waals surface area contributed by atoms with Crippen molar-refractivity contribution < 1.29 is 28.6 Å². The second-order valence-electron chi connectivity index (χ2n) is 16.7. The molecule has 1 unspecified atom stereocenters. The van der Waals surface area contributed by atoms with Crippen LogP contribution in [-0.2, 0) is 28.6 Å². The molecule has 0 heterocycles. The third-order valence-corrected chi connectivity index (χ3v) is 10.7. The van der Waals surface area contributed by atoms with Crippen LogP contribution in [0.4, 0.5) is 0 Å². The van der Waals surface area contributed by atoms with E-state index in [2.05, 4.69) is 106 Å². The summed E-state index contributed by atoms with van der Waals surface area (Å²) in [6, 6.07) is 0. The van der Waals surface area contributed by atoms with Gasteiger partial charge >= 0.3 is 17.9 Å². The molecule has 0 aliphatic heterocycles. The molecule has 6 heteroatoms. The van der Waals surface area contributed by atoms with Crippen molar-refractivity contribution in [2.75, 3.05) is 13.2 Å². The molecule has 6 nitrogen and oxygen atoms in total. The molecule has 0 spiro atoms. The highest BCUT2D eigenvalue weighted by atomic mass is 16.6. The largest absolute Gasteiger partial charge is 0.462 e. The van der Waals surface area contributed by atoms with Gasteiger partial charge in [-0.05, 0) is 83.5 Å². The van der Waals surface area contributed by atoms with Crippen molar-refractivity contribution in [1.82, 2.24) is 0 Å². The molecule has 0 saturated heterocycles. The fourth-order valence-electron chi connectivity index (χ4n) is 6.82. The van der Waals surface area contributed by atoms with Gasteiger partial charge in [0.05, 0.1) is 0 Å². The standard InChI is InChI=1S/C56H94O6/c1-4-7-10-13-16-19-22-25-27-28-30-31-34-37-40-43-46-49-55(58)61-52-53(51-60-54(57)48-45-42-39-36-33-24-21-18-15-12-9-6-3)62-56(59)50-47-44-41-38-35-32-29-26-23-20-17-14-11-8-5-2/h7,10,16-17,19-20,23,25-27,30-31,37,40,53H,4-6,8-9,11-15,18,21-22,24,28-29,32-36,38-39,41-52H2,1-3H3/b10-7-,19-16-,20-17-,26-23-,27-25-,31-30-,40-37-. The topological polar surface area (TPSA) is 78.9 Å². The Morgan fingerprint density at radius 1 is 0.355 bits per heavy atom. The van der Waals surface area contributed by atoms with Crippen molar-refractivity contribution in [2.45, 2.75) is 239 Å². The van der Waals surface area contributed by atoms with E-state index < -0.39 is 6.10 Å². The molecular formula is C56H94O6. The molecule has 62 heavy (non-hydrogen) atoms. The minimum atomic E-state index is -0.803. The van der Waals surface area contributed by atoms with Gasteiger partial charge in [0.25, 0.3) is 0 Å². The molecule has 0 aromatic carbocycles. The van der Waals surface area contributed by atoms with E-state index in [0.29, 0.717) is 19.3 Å². The van der Waals surface area contributed by atoms with Gasteiger partial charge in [-0.3, -0.25) is 14.4 Å². The Hall–Kier alpha value is -3.41. The van der Waals surface area contributed by atoms with E-state index in [9.17, 15) is 14.4 Å². The number of esters is 3. The van der Waals surface area contributed by atoms with Crippen LogP contribution in [0, 0.1) is 0 Å². The van der Waals surface area contributed by atoms with Crippen molar-refractivity contribution >= 4 is 17.9 Å².